The standard InChI is InChI=1S/C17H14BrIN2O3/c1-17(23,10-24-14-6-3-12(18)4-7-14)16(22)21-13-5-2-11(9-20)15(19)8-13/h2-8,23H,10H2,1H3,(H,21,22)/t17-/m0/s1. The first-order valence-corrected chi connectivity index (χ1v) is 8.81. The van der Waals surface area contributed by atoms with Crippen LogP contribution in [-0.2, 0) is 4.79 Å². The van der Waals surface area contributed by atoms with Gasteiger partial charge in [0.05, 0.1) is 5.56 Å². The minimum atomic E-state index is -1.70. The second-order valence-electron chi connectivity index (χ2n) is 5.28. The summed E-state index contributed by atoms with van der Waals surface area (Å²) in [5, 5.41) is 21.9. The Bertz CT molecular complexity index is 785. The summed E-state index contributed by atoms with van der Waals surface area (Å²) in [5.41, 5.74) is -0.668. The number of nitrogens with one attached hydrogen (secondary N) is 1. The minimum Gasteiger partial charge on any atom is -0.490 e. The molecule has 0 saturated heterocycles. The maximum atomic E-state index is 12.3. The summed E-state index contributed by atoms with van der Waals surface area (Å²) in [4.78, 5) is 12.3. The molecule has 0 spiro atoms. The van der Waals surface area contributed by atoms with E-state index in [1.165, 1.54) is 6.92 Å². The van der Waals surface area contributed by atoms with Gasteiger partial charge in [0.2, 0.25) is 0 Å². The van der Waals surface area contributed by atoms with Crippen LogP contribution in [0.1, 0.15) is 12.5 Å². The fourth-order valence-electron chi connectivity index (χ4n) is 1.77. The molecule has 7 heteroatoms. The van der Waals surface area contributed by atoms with Crippen molar-refractivity contribution in [3.63, 3.8) is 0 Å². The van der Waals surface area contributed by atoms with Gasteiger partial charge in [-0.2, -0.15) is 5.26 Å². The second kappa shape index (κ2) is 7.96. The number of hydrogen-bond donors (Lipinski definition) is 2. The second-order valence-corrected chi connectivity index (χ2v) is 7.35. The van der Waals surface area contributed by atoms with E-state index in [0.29, 0.717) is 17.0 Å². The highest BCUT2D eigenvalue weighted by Gasteiger charge is 2.31. The average Bonchev–Trinajstić information content (AvgIpc) is 2.54. The monoisotopic (exact) mass is 500 g/mol. The zero-order valence-corrected chi connectivity index (χ0v) is 16.5. The van der Waals surface area contributed by atoms with Crippen molar-refractivity contribution in [2.45, 2.75) is 12.5 Å². The molecule has 1 amide bonds. The third-order valence-electron chi connectivity index (χ3n) is 3.17. The largest absolute Gasteiger partial charge is 0.490 e. The number of carbonyl (C=O) groups is 1. The van der Waals surface area contributed by atoms with E-state index in [1.54, 1.807) is 30.3 Å². The Balaban J connectivity index is 2.00. The van der Waals surface area contributed by atoms with Crippen LogP contribution < -0.4 is 10.1 Å². The van der Waals surface area contributed by atoms with Gasteiger partial charge in [-0.1, -0.05) is 15.9 Å². The van der Waals surface area contributed by atoms with Crippen molar-refractivity contribution in [2.75, 3.05) is 11.9 Å². The Labute approximate surface area is 161 Å². The van der Waals surface area contributed by atoms with Crippen molar-refractivity contribution in [3.8, 4) is 11.8 Å². The van der Waals surface area contributed by atoms with Crippen molar-refractivity contribution in [3.05, 3.63) is 56.1 Å². The van der Waals surface area contributed by atoms with Gasteiger partial charge >= 0.3 is 0 Å². The van der Waals surface area contributed by atoms with E-state index in [-0.39, 0.29) is 6.61 Å². The molecule has 2 rings (SSSR count). The van der Waals surface area contributed by atoms with E-state index in [4.69, 9.17) is 10.00 Å². The molecule has 0 saturated carbocycles. The lowest BCUT2D eigenvalue weighted by Crippen LogP contribution is -2.45. The smallest absolute Gasteiger partial charge is 0.259 e. The number of carbonyl (C=O) groups excluding carboxylic acids is 1. The van der Waals surface area contributed by atoms with Crippen LogP contribution in [0.5, 0.6) is 5.75 Å². The number of halogens is 2. The number of benzene rings is 2. The lowest BCUT2D eigenvalue weighted by Gasteiger charge is -2.22. The number of anilines is 1. The molecule has 2 aromatic carbocycles. The van der Waals surface area contributed by atoms with Gasteiger partial charge < -0.3 is 15.2 Å². The van der Waals surface area contributed by atoms with Crippen molar-refractivity contribution >= 4 is 50.1 Å². The van der Waals surface area contributed by atoms with Crippen LogP contribution >= 0.6 is 38.5 Å². The van der Waals surface area contributed by atoms with Crippen LogP contribution in [0.15, 0.2) is 46.9 Å². The number of nitriles is 1. The Hall–Kier alpha value is -1.63. The predicted octanol–water partition coefficient (Wildman–Crippen LogP) is 3.69. The first kappa shape index (κ1) is 18.7. The van der Waals surface area contributed by atoms with E-state index >= 15 is 0 Å². The predicted molar refractivity (Wildman–Crippen MR) is 103 cm³/mol. The summed E-state index contributed by atoms with van der Waals surface area (Å²) in [6.45, 7) is 1.20. The Morgan fingerprint density at radius 3 is 2.62 bits per heavy atom. The van der Waals surface area contributed by atoms with Gasteiger partial charge in [0.15, 0.2) is 5.60 Å². The van der Waals surface area contributed by atoms with Gasteiger partial charge in [0, 0.05) is 13.7 Å². The quantitative estimate of drug-likeness (QED) is 0.613. The fraction of sp³-hybridized carbons (Fsp3) is 0.176. The van der Waals surface area contributed by atoms with Crippen molar-refractivity contribution in [1.29, 1.82) is 5.26 Å². The normalized spacial score (nSPS) is 12.8. The van der Waals surface area contributed by atoms with E-state index in [1.807, 2.05) is 34.7 Å². The number of hydrogen-bond acceptors (Lipinski definition) is 4. The molecule has 0 unspecified atom stereocenters. The van der Waals surface area contributed by atoms with Crippen LogP contribution in [0.3, 0.4) is 0 Å². The highest BCUT2D eigenvalue weighted by Crippen LogP contribution is 2.20. The lowest BCUT2D eigenvalue weighted by molar-refractivity contribution is -0.135. The molecule has 1 atom stereocenters. The first-order chi connectivity index (χ1) is 11.3. The third-order valence-corrected chi connectivity index (χ3v) is 4.59. The van der Waals surface area contributed by atoms with Crippen LogP contribution in [0, 0.1) is 14.9 Å². The Morgan fingerprint density at radius 2 is 2.04 bits per heavy atom. The highest BCUT2D eigenvalue weighted by molar-refractivity contribution is 14.1. The number of aliphatic hydroxyl groups is 1. The van der Waals surface area contributed by atoms with Gasteiger partial charge in [0.1, 0.15) is 18.4 Å². The maximum Gasteiger partial charge on any atom is 0.259 e. The molecule has 24 heavy (non-hydrogen) atoms. The highest BCUT2D eigenvalue weighted by atomic mass is 127. The van der Waals surface area contributed by atoms with Gasteiger partial charge in [-0.25, -0.2) is 0 Å². The molecule has 0 aromatic heterocycles. The van der Waals surface area contributed by atoms with E-state index in [9.17, 15) is 9.90 Å². The van der Waals surface area contributed by atoms with Gasteiger partial charge in [-0.3, -0.25) is 4.79 Å². The van der Waals surface area contributed by atoms with E-state index in [2.05, 4.69) is 27.3 Å². The summed E-state index contributed by atoms with van der Waals surface area (Å²) in [5.74, 6) is -0.0284. The molecule has 0 heterocycles. The Kier molecular flexibility index (Phi) is 6.21. The van der Waals surface area contributed by atoms with Crippen molar-refractivity contribution < 1.29 is 14.6 Å². The molecule has 0 aliphatic heterocycles. The van der Waals surface area contributed by atoms with Gasteiger partial charge in [-0.05, 0) is 72.0 Å². The third kappa shape index (κ3) is 4.93. The molecule has 2 aromatic rings. The molecule has 0 aliphatic rings. The van der Waals surface area contributed by atoms with E-state index < -0.39 is 11.5 Å². The van der Waals surface area contributed by atoms with E-state index in [0.717, 1.165) is 8.04 Å². The van der Waals surface area contributed by atoms with Crippen molar-refractivity contribution in [1.82, 2.24) is 0 Å². The molecule has 0 radical (unpaired) electrons. The summed E-state index contributed by atoms with van der Waals surface area (Å²) < 4.78 is 7.10. The van der Waals surface area contributed by atoms with Crippen molar-refractivity contribution in [2.24, 2.45) is 0 Å². The summed E-state index contributed by atoms with van der Waals surface area (Å²) in [7, 11) is 0. The Morgan fingerprint density at radius 1 is 1.38 bits per heavy atom. The molecule has 0 fully saturated rings. The number of nitrogens with zero attached hydrogens (tertiary/aromatic N) is 1. The molecule has 0 bridgehead atoms. The molecule has 2 N–H and O–H groups in total. The molecule has 0 aliphatic carbocycles. The average molecular weight is 501 g/mol. The summed E-state index contributed by atoms with van der Waals surface area (Å²) in [6.07, 6.45) is 0. The molecule has 124 valence electrons. The topological polar surface area (TPSA) is 82.3 Å². The number of ether oxygens (including phenoxy) is 1. The van der Waals surface area contributed by atoms with Crippen LogP contribution in [0.4, 0.5) is 5.69 Å². The molecular formula is C17H14BrIN2O3. The van der Waals surface area contributed by atoms with Crippen LogP contribution in [0.25, 0.3) is 0 Å². The summed E-state index contributed by atoms with van der Waals surface area (Å²) >= 11 is 5.34. The zero-order valence-electron chi connectivity index (χ0n) is 12.7. The number of rotatable bonds is 5. The molecular weight excluding hydrogens is 487 g/mol. The number of amides is 1. The maximum absolute atomic E-state index is 12.3. The molecule has 5 nitrogen and oxygen atoms in total. The van der Waals surface area contributed by atoms with Gasteiger partial charge in [0.25, 0.3) is 5.91 Å². The first-order valence-electron chi connectivity index (χ1n) is 6.94. The van der Waals surface area contributed by atoms with Crippen LogP contribution in [0.2, 0.25) is 0 Å². The van der Waals surface area contributed by atoms with Crippen LogP contribution in [-0.4, -0.2) is 23.2 Å². The minimum absolute atomic E-state index is 0.187. The SMILES string of the molecule is C[C@](O)(COc1ccc(Br)cc1)C(=O)Nc1ccc(C#N)c(I)c1. The lowest BCUT2D eigenvalue weighted by atomic mass is 10.1. The summed E-state index contributed by atoms with van der Waals surface area (Å²) in [6, 6.07) is 14.0. The zero-order chi connectivity index (χ0) is 17.7. The fourth-order valence-corrected chi connectivity index (χ4v) is 2.67. The van der Waals surface area contributed by atoms with Gasteiger partial charge in [-0.15, -0.1) is 0 Å².